The Labute approximate surface area is 136 Å². The Morgan fingerprint density at radius 1 is 1.09 bits per heavy atom. The average molecular weight is 336 g/mol. The molecule has 0 fully saturated rings. The van der Waals surface area contributed by atoms with Crippen LogP contribution in [0.4, 0.5) is 11.6 Å². The van der Waals surface area contributed by atoms with Gasteiger partial charge in [-0.1, -0.05) is 18.2 Å². The van der Waals surface area contributed by atoms with E-state index in [4.69, 9.17) is 4.74 Å². The smallest absolute Gasteiger partial charge is 0.233 e. The minimum absolute atomic E-state index is 0.00636. The molecule has 2 rings (SSSR count). The van der Waals surface area contributed by atoms with Gasteiger partial charge in [0.25, 0.3) is 0 Å². The Morgan fingerprint density at radius 3 is 2.43 bits per heavy atom. The number of methoxy groups -OCH3 is 1. The maximum absolute atomic E-state index is 11.4. The highest BCUT2D eigenvalue weighted by atomic mass is 32.2. The number of benzene rings is 1. The van der Waals surface area contributed by atoms with Crippen molar-refractivity contribution >= 4 is 21.7 Å². The van der Waals surface area contributed by atoms with E-state index in [2.05, 4.69) is 20.2 Å². The zero-order valence-corrected chi connectivity index (χ0v) is 13.9. The molecular formula is C15H20N4O3S. The van der Waals surface area contributed by atoms with Gasteiger partial charge in [0.1, 0.15) is 11.6 Å². The summed E-state index contributed by atoms with van der Waals surface area (Å²) in [5.41, 5.74) is 1.10. The van der Waals surface area contributed by atoms with Gasteiger partial charge in [0.15, 0.2) is 5.82 Å². The number of hydrogen-bond acceptors (Lipinski definition) is 6. The number of ether oxygens (including phenoxy) is 1. The standard InChI is InChI=1S/C15H20N4O3S/c1-3-23(20,21)19-15-9-8-14(17-18-15)16-11-10-12-6-4-5-7-13(12)22-2/h4-9H,3,10-11H2,1-2H3,(H,16,17)(H,18,19). The van der Waals surface area contributed by atoms with Crippen LogP contribution in [0.5, 0.6) is 5.75 Å². The minimum Gasteiger partial charge on any atom is -0.496 e. The predicted molar refractivity (Wildman–Crippen MR) is 90.3 cm³/mol. The van der Waals surface area contributed by atoms with E-state index in [-0.39, 0.29) is 11.6 Å². The zero-order chi connectivity index (χ0) is 16.7. The normalized spacial score (nSPS) is 11.0. The Bertz CT molecular complexity index is 733. The van der Waals surface area contributed by atoms with Crippen molar-refractivity contribution in [2.45, 2.75) is 13.3 Å². The molecule has 7 nitrogen and oxygen atoms in total. The first kappa shape index (κ1) is 17.0. The molecule has 2 N–H and O–H groups in total. The molecule has 2 aromatic rings. The lowest BCUT2D eigenvalue weighted by molar-refractivity contribution is 0.410. The molecule has 0 aliphatic carbocycles. The summed E-state index contributed by atoms with van der Waals surface area (Å²) in [6.07, 6.45) is 0.774. The van der Waals surface area contributed by atoms with Crippen molar-refractivity contribution in [2.75, 3.05) is 29.4 Å². The number of nitrogens with zero attached hydrogens (tertiary/aromatic N) is 2. The Kier molecular flexibility index (Phi) is 5.75. The van der Waals surface area contributed by atoms with Crippen LogP contribution in [0.2, 0.25) is 0 Å². The summed E-state index contributed by atoms with van der Waals surface area (Å²) >= 11 is 0. The average Bonchev–Trinajstić information content (AvgIpc) is 2.56. The number of aromatic nitrogens is 2. The quantitative estimate of drug-likeness (QED) is 0.765. The first-order chi connectivity index (χ1) is 11.0. The maximum atomic E-state index is 11.4. The molecule has 0 saturated carbocycles. The molecule has 0 amide bonds. The molecule has 0 radical (unpaired) electrons. The second-order valence-corrected chi connectivity index (χ2v) is 6.81. The van der Waals surface area contributed by atoms with Crippen molar-refractivity contribution in [3.8, 4) is 5.75 Å². The van der Waals surface area contributed by atoms with Crippen LogP contribution in [-0.4, -0.2) is 38.0 Å². The van der Waals surface area contributed by atoms with Crippen molar-refractivity contribution in [1.29, 1.82) is 0 Å². The van der Waals surface area contributed by atoms with E-state index in [9.17, 15) is 8.42 Å². The van der Waals surface area contributed by atoms with Gasteiger partial charge < -0.3 is 10.1 Å². The third kappa shape index (κ3) is 5.10. The van der Waals surface area contributed by atoms with Gasteiger partial charge in [-0.15, -0.1) is 10.2 Å². The van der Waals surface area contributed by atoms with Gasteiger partial charge >= 0.3 is 0 Å². The molecule has 0 bridgehead atoms. The Morgan fingerprint density at radius 2 is 1.78 bits per heavy atom. The van der Waals surface area contributed by atoms with Gasteiger partial charge in [-0.3, -0.25) is 4.72 Å². The van der Waals surface area contributed by atoms with Crippen molar-refractivity contribution in [3.63, 3.8) is 0 Å². The fourth-order valence-corrected chi connectivity index (χ4v) is 2.52. The molecule has 0 aliphatic heterocycles. The van der Waals surface area contributed by atoms with E-state index >= 15 is 0 Å². The fourth-order valence-electron chi connectivity index (χ4n) is 1.95. The second-order valence-electron chi connectivity index (χ2n) is 4.80. The lowest BCUT2D eigenvalue weighted by Crippen LogP contribution is -2.16. The van der Waals surface area contributed by atoms with E-state index in [0.29, 0.717) is 12.4 Å². The van der Waals surface area contributed by atoms with Crippen molar-refractivity contribution in [2.24, 2.45) is 0 Å². The topological polar surface area (TPSA) is 93.2 Å². The van der Waals surface area contributed by atoms with E-state index < -0.39 is 10.0 Å². The molecule has 1 aromatic carbocycles. The minimum atomic E-state index is -3.33. The first-order valence-corrected chi connectivity index (χ1v) is 8.89. The lowest BCUT2D eigenvalue weighted by Gasteiger charge is -2.09. The highest BCUT2D eigenvalue weighted by molar-refractivity contribution is 7.92. The van der Waals surface area contributed by atoms with Gasteiger partial charge in [-0.25, -0.2) is 8.42 Å². The van der Waals surface area contributed by atoms with E-state index in [1.54, 1.807) is 26.2 Å². The summed E-state index contributed by atoms with van der Waals surface area (Å²) in [5.74, 6) is 1.64. The SMILES string of the molecule is CCS(=O)(=O)Nc1ccc(NCCc2ccccc2OC)nn1. The molecular weight excluding hydrogens is 316 g/mol. The highest BCUT2D eigenvalue weighted by Gasteiger charge is 2.08. The third-order valence-corrected chi connectivity index (χ3v) is 4.48. The maximum Gasteiger partial charge on any atom is 0.233 e. The number of nitrogens with one attached hydrogen (secondary N) is 2. The summed E-state index contributed by atoms with van der Waals surface area (Å²) in [6.45, 7) is 2.22. The molecule has 8 heteroatoms. The molecule has 0 spiro atoms. The molecule has 0 saturated heterocycles. The van der Waals surface area contributed by atoms with Crippen LogP contribution in [0, 0.1) is 0 Å². The molecule has 124 valence electrons. The summed E-state index contributed by atoms with van der Waals surface area (Å²) in [6, 6.07) is 11.1. The molecule has 0 atom stereocenters. The van der Waals surface area contributed by atoms with Crippen LogP contribution in [-0.2, 0) is 16.4 Å². The first-order valence-electron chi connectivity index (χ1n) is 7.24. The molecule has 1 aromatic heterocycles. The van der Waals surface area contributed by atoms with Gasteiger partial charge in [0.2, 0.25) is 10.0 Å². The third-order valence-electron chi connectivity index (χ3n) is 3.20. The fraction of sp³-hybridized carbons (Fsp3) is 0.333. The van der Waals surface area contributed by atoms with E-state index in [1.807, 2.05) is 24.3 Å². The number of para-hydroxylation sites is 1. The lowest BCUT2D eigenvalue weighted by atomic mass is 10.1. The molecule has 1 heterocycles. The summed E-state index contributed by atoms with van der Waals surface area (Å²) in [7, 11) is -1.69. The molecule has 0 unspecified atom stereocenters. The predicted octanol–water partition coefficient (Wildman–Crippen LogP) is 1.90. The summed E-state index contributed by atoms with van der Waals surface area (Å²) in [4.78, 5) is 0. The van der Waals surface area contributed by atoms with Crippen LogP contribution in [0.15, 0.2) is 36.4 Å². The van der Waals surface area contributed by atoms with Crippen molar-refractivity contribution in [1.82, 2.24) is 10.2 Å². The van der Waals surface area contributed by atoms with Gasteiger partial charge in [0.05, 0.1) is 12.9 Å². The van der Waals surface area contributed by atoms with Gasteiger partial charge in [-0.05, 0) is 37.1 Å². The molecule has 0 aliphatic rings. The van der Waals surface area contributed by atoms with Crippen LogP contribution in [0.25, 0.3) is 0 Å². The summed E-state index contributed by atoms with van der Waals surface area (Å²) < 4.78 is 30.5. The van der Waals surface area contributed by atoms with Crippen LogP contribution < -0.4 is 14.8 Å². The number of sulfonamides is 1. The molecule has 23 heavy (non-hydrogen) atoms. The second kappa shape index (κ2) is 7.77. The van der Waals surface area contributed by atoms with Gasteiger partial charge in [-0.2, -0.15) is 0 Å². The van der Waals surface area contributed by atoms with Crippen molar-refractivity contribution < 1.29 is 13.2 Å². The largest absolute Gasteiger partial charge is 0.496 e. The van der Waals surface area contributed by atoms with E-state index in [0.717, 1.165) is 17.7 Å². The van der Waals surface area contributed by atoms with Crippen LogP contribution in [0.3, 0.4) is 0 Å². The van der Waals surface area contributed by atoms with Crippen LogP contribution >= 0.6 is 0 Å². The summed E-state index contributed by atoms with van der Waals surface area (Å²) in [5, 5.41) is 10.9. The Hall–Kier alpha value is -2.35. The van der Waals surface area contributed by atoms with Gasteiger partial charge in [0, 0.05) is 6.54 Å². The zero-order valence-electron chi connectivity index (χ0n) is 13.1. The number of hydrogen-bond donors (Lipinski definition) is 2. The van der Waals surface area contributed by atoms with Crippen LogP contribution in [0.1, 0.15) is 12.5 Å². The van der Waals surface area contributed by atoms with E-state index in [1.165, 1.54) is 0 Å². The number of anilines is 2. The number of rotatable bonds is 8. The highest BCUT2D eigenvalue weighted by Crippen LogP contribution is 2.17. The van der Waals surface area contributed by atoms with Crippen molar-refractivity contribution in [3.05, 3.63) is 42.0 Å². The Balaban J connectivity index is 1.89. The monoisotopic (exact) mass is 336 g/mol.